The zero-order valence-electron chi connectivity index (χ0n) is 13.1. The van der Waals surface area contributed by atoms with Crippen LogP contribution < -0.4 is 0 Å². The maximum atomic E-state index is 12.5. The van der Waals surface area contributed by atoms with Crippen LogP contribution in [0.4, 0.5) is 0 Å². The Bertz CT molecular complexity index is 895. The molecule has 0 bridgehead atoms. The lowest BCUT2D eigenvalue weighted by molar-refractivity contribution is 0.0507. The molecule has 0 unspecified atom stereocenters. The van der Waals surface area contributed by atoms with Crippen LogP contribution in [0.5, 0.6) is 0 Å². The van der Waals surface area contributed by atoms with Crippen LogP contribution in [-0.2, 0) is 4.74 Å². The summed E-state index contributed by atoms with van der Waals surface area (Å²) in [7, 11) is 0. The molecule has 0 saturated heterocycles. The molecule has 0 aliphatic carbocycles. The number of hydrogen-bond donors (Lipinski definition) is 0. The van der Waals surface area contributed by atoms with Gasteiger partial charge >= 0.3 is 5.97 Å². The second-order valence-corrected chi connectivity index (χ2v) is 7.11. The molecule has 24 heavy (non-hydrogen) atoms. The van der Waals surface area contributed by atoms with E-state index in [-0.39, 0.29) is 5.97 Å². The summed E-state index contributed by atoms with van der Waals surface area (Å²) in [5.41, 5.74) is 2.96. The second-order valence-electron chi connectivity index (χ2n) is 5.34. The number of carbonyl (C=O) groups is 1. The highest BCUT2D eigenvalue weighted by Gasteiger charge is 2.17. The number of ether oxygens (including phenoxy) is 1. The zero-order chi connectivity index (χ0) is 17.1. The fourth-order valence-electron chi connectivity index (χ4n) is 2.45. The van der Waals surface area contributed by atoms with Crippen molar-refractivity contribution in [3.8, 4) is 11.3 Å². The Morgan fingerprint density at radius 3 is 2.58 bits per heavy atom. The lowest BCUT2D eigenvalue weighted by Crippen LogP contribution is -2.08. The van der Waals surface area contributed by atoms with Crippen molar-refractivity contribution in [1.29, 1.82) is 0 Å². The van der Waals surface area contributed by atoms with Crippen LogP contribution in [0.3, 0.4) is 0 Å². The first kappa shape index (κ1) is 17.1. The van der Waals surface area contributed by atoms with Crippen molar-refractivity contribution in [2.45, 2.75) is 13.3 Å². The van der Waals surface area contributed by atoms with E-state index in [1.807, 2.05) is 49.4 Å². The van der Waals surface area contributed by atoms with Crippen LogP contribution in [0.25, 0.3) is 22.2 Å². The third kappa shape index (κ3) is 3.52. The SMILES string of the molecule is CCCOC(=O)c1cc(-c2ccccc2)nc2c(Br)cc(Br)cc12. The Hall–Kier alpha value is -1.72. The molecule has 5 heteroatoms. The van der Waals surface area contributed by atoms with Crippen LogP contribution in [0.1, 0.15) is 23.7 Å². The zero-order valence-corrected chi connectivity index (χ0v) is 16.2. The van der Waals surface area contributed by atoms with Crippen molar-refractivity contribution in [2.75, 3.05) is 6.61 Å². The minimum Gasteiger partial charge on any atom is -0.462 e. The van der Waals surface area contributed by atoms with Gasteiger partial charge in [0.15, 0.2) is 0 Å². The average molecular weight is 449 g/mol. The molecular weight excluding hydrogens is 434 g/mol. The van der Waals surface area contributed by atoms with Gasteiger partial charge in [0.25, 0.3) is 0 Å². The Balaban J connectivity index is 2.24. The molecule has 0 aliphatic heterocycles. The summed E-state index contributed by atoms with van der Waals surface area (Å²) >= 11 is 7.02. The van der Waals surface area contributed by atoms with E-state index < -0.39 is 0 Å². The number of nitrogens with zero attached hydrogens (tertiary/aromatic N) is 1. The molecule has 0 N–H and O–H groups in total. The summed E-state index contributed by atoms with van der Waals surface area (Å²) in [5, 5.41) is 0.761. The van der Waals surface area contributed by atoms with Gasteiger partial charge in [-0.1, -0.05) is 53.2 Å². The minimum absolute atomic E-state index is 0.327. The van der Waals surface area contributed by atoms with E-state index in [4.69, 9.17) is 9.72 Å². The van der Waals surface area contributed by atoms with Crippen molar-refractivity contribution in [1.82, 2.24) is 4.98 Å². The molecule has 1 aromatic heterocycles. The predicted molar refractivity (Wildman–Crippen MR) is 103 cm³/mol. The first-order valence-corrected chi connectivity index (χ1v) is 9.21. The molecule has 3 aromatic rings. The van der Waals surface area contributed by atoms with Gasteiger partial charge in [0.1, 0.15) is 0 Å². The maximum absolute atomic E-state index is 12.5. The van der Waals surface area contributed by atoms with E-state index >= 15 is 0 Å². The molecule has 0 amide bonds. The monoisotopic (exact) mass is 447 g/mol. The number of carbonyl (C=O) groups excluding carboxylic acids is 1. The Morgan fingerprint density at radius 2 is 1.88 bits per heavy atom. The van der Waals surface area contributed by atoms with Crippen LogP contribution in [0, 0.1) is 0 Å². The quantitative estimate of drug-likeness (QED) is 0.460. The highest BCUT2D eigenvalue weighted by molar-refractivity contribution is 9.11. The molecule has 2 aromatic carbocycles. The molecule has 122 valence electrons. The van der Waals surface area contributed by atoms with Gasteiger partial charge in [-0.05, 0) is 40.5 Å². The Morgan fingerprint density at radius 1 is 1.12 bits per heavy atom. The Kier molecular flexibility index (Phi) is 5.31. The number of pyridine rings is 1. The molecule has 1 heterocycles. The lowest BCUT2D eigenvalue weighted by Gasteiger charge is -2.11. The maximum Gasteiger partial charge on any atom is 0.338 e. The number of aromatic nitrogens is 1. The van der Waals surface area contributed by atoms with Crippen molar-refractivity contribution in [2.24, 2.45) is 0 Å². The largest absolute Gasteiger partial charge is 0.462 e. The molecule has 0 saturated carbocycles. The molecule has 0 atom stereocenters. The van der Waals surface area contributed by atoms with Gasteiger partial charge in [0.2, 0.25) is 0 Å². The summed E-state index contributed by atoms with van der Waals surface area (Å²) in [6.45, 7) is 2.37. The summed E-state index contributed by atoms with van der Waals surface area (Å²) in [6, 6.07) is 15.4. The number of hydrogen-bond acceptors (Lipinski definition) is 3. The van der Waals surface area contributed by atoms with Crippen molar-refractivity contribution >= 4 is 48.7 Å². The van der Waals surface area contributed by atoms with E-state index in [1.54, 1.807) is 6.07 Å². The van der Waals surface area contributed by atoms with Crippen molar-refractivity contribution in [3.05, 3.63) is 63.0 Å². The van der Waals surface area contributed by atoms with Gasteiger partial charge in [-0.15, -0.1) is 0 Å². The van der Waals surface area contributed by atoms with Crippen molar-refractivity contribution in [3.63, 3.8) is 0 Å². The molecule has 0 radical (unpaired) electrons. The molecular formula is C19H15Br2NO2. The van der Waals surface area contributed by atoms with E-state index in [2.05, 4.69) is 31.9 Å². The molecule has 0 fully saturated rings. The fourth-order valence-corrected chi connectivity index (χ4v) is 3.76. The minimum atomic E-state index is -0.327. The van der Waals surface area contributed by atoms with Crippen LogP contribution in [-0.4, -0.2) is 17.6 Å². The van der Waals surface area contributed by atoms with Crippen LogP contribution in [0.2, 0.25) is 0 Å². The lowest BCUT2D eigenvalue weighted by atomic mass is 10.0. The first-order valence-electron chi connectivity index (χ1n) is 7.62. The van der Waals surface area contributed by atoms with E-state index in [1.165, 1.54) is 0 Å². The third-order valence-corrected chi connectivity index (χ3v) is 4.62. The Labute approximate surface area is 157 Å². The van der Waals surface area contributed by atoms with Gasteiger partial charge in [0, 0.05) is 19.9 Å². The molecule has 0 aliphatic rings. The fraction of sp³-hybridized carbons (Fsp3) is 0.158. The molecule has 3 rings (SSSR count). The second kappa shape index (κ2) is 7.45. The van der Waals surface area contributed by atoms with Crippen molar-refractivity contribution < 1.29 is 9.53 Å². The highest BCUT2D eigenvalue weighted by atomic mass is 79.9. The van der Waals surface area contributed by atoms with Gasteiger partial charge in [0.05, 0.1) is 23.4 Å². The standard InChI is InChI=1S/C19H15Br2NO2/c1-2-8-24-19(23)15-11-17(12-6-4-3-5-7-12)22-18-14(15)9-13(20)10-16(18)21/h3-7,9-11H,2,8H2,1H3. The van der Waals surface area contributed by atoms with Gasteiger partial charge in [-0.2, -0.15) is 0 Å². The number of rotatable bonds is 4. The normalized spacial score (nSPS) is 10.8. The van der Waals surface area contributed by atoms with E-state index in [0.29, 0.717) is 12.2 Å². The van der Waals surface area contributed by atoms with E-state index in [9.17, 15) is 4.79 Å². The van der Waals surface area contributed by atoms with Gasteiger partial charge in [-0.3, -0.25) is 0 Å². The summed E-state index contributed by atoms with van der Waals surface area (Å²) in [4.78, 5) is 17.3. The predicted octanol–water partition coefficient (Wildman–Crippen LogP) is 5.99. The summed E-state index contributed by atoms with van der Waals surface area (Å²) < 4.78 is 7.06. The third-order valence-electron chi connectivity index (χ3n) is 3.56. The highest BCUT2D eigenvalue weighted by Crippen LogP contribution is 2.32. The molecule has 3 nitrogen and oxygen atoms in total. The van der Waals surface area contributed by atoms with E-state index in [0.717, 1.165) is 37.5 Å². The van der Waals surface area contributed by atoms with Gasteiger partial charge in [-0.25, -0.2) is 9.78 Å². The van der Waals surface area contributed by atoms with Crippen LogP contribution >= 0.6 is 31.9 Å². The average Bonchev–Trinajstić information content (AvgIpc) is 2.59. The first-order chi connectivity index (χ1) is 11.6. The van der Waals surface area contributed by atoms with Gasteiger partial charge < -0.3 is 4.74 Å². The smallest absolute Gasteiger partial charge is 0.338 e. The summed E-state index contributed by atoms with van der Waals surface area (Å²) in [5.74, 6) is -0.327. The number of esters is 1. The number of fused-ring (bicyclic) bond motifs is 1. The van der Waals surface area contributed by atoms with Crippen LogP contribution in [0.15, 0.2) is 57.5 Å². The molecule has 0 spiro atoms. The topological polar surface area (TPSA) is 39.2 Å². The number of benzene rings is 2. The summed E-state index contributed by atoms with van der Waals surface area (Å²) in [6.07, 6.45) is 0.785. The number of halogens is 2.